The first-order chi connectivity index (χ1) is 15.5. The van der Waals surface area contributed by atoms with Gasteiger partial charge in [0.25, 0.3) is 5.91 Å². The molecule has 0 radical (unpaired) electrons. The summed E-state index contributed by atoms with van der Waals surface area (Å²) in [6.45, 7) is 6.65. The summed E-state index contributed by atoms with van der Waals surface area (Å²) >= 11 is 5.88. The summed E-state index contributed by atoms with van der Waals surface area (Å²) < 4.78 is 6.03. The summed E-state index contributed by atoms with van der Waals surface area (Å²) in [7, 11) is 0. The standard InChI is InChI=1S/C25H33ClN4O2/c1-17-13-22(14-18(2)23(17)24(31)29-21-6-3-7-21)32-12-4-5-19-8-10-30(11-9-19)25-27-15-20(26)16-28-25/h13-16,19,21H,3-12H2,1-2H3,(H,29,31). The van der Waals surface area contributed by atoms with Gasteiger partial charge in [0.1, 0.15) is 5.75 Å². The number of nitrogens with zero attached hydrogens (tertiary/aromatic N) is 3. The van der Waals surface area contributed by atoms with Gasteiger partial charge in [-0.2, -0.15) is 0 Å². The molecule has 4 rings (SSSR count). The smallest absolute Gasteiger partial charge is 0.252 e. The highest BCUT2D eigenvalue weighted by atomic mass is 35.5. The lowest BCUT2D eigenvalue weighted by molar-refractivity contribution is 0.0915. The molecule has 172 valence electrons. The summed E-state index contributed by atoms with van der Waals surface area (Å²) in [6.07, 6.45) is 11.2. The van der Waals surface area contributed by atoms with Crippen molar-refractivity contribution in [1.29, 1.82) is 0 Å². The highest BCUT2D eigenvalue weighted by Gasteiger charge is 2.23. The van der Waals surface area contributed by atoms with E-state index in [1.54, 1.807) is 12.4 Å². The lowest BCUT2D eigenvalue weighted by Crippen LogP contribution is -2.40. The van der Waals surface area contributed by atoms with Crippen molar-refractivity contribution in [2.45, 2.75) is 64.8 Å². The van der Waals surface area contributed by atoms with E-state index in [9.17, 15) is 4.79 Å². The van der Waals surface area contributed by atoms with Gasteiger partial charge >= 0.3 is 0 Å². The average Bonchev–Trinajstić information content (AvgIpc) is 2.74. The maximum Gasteiger partial charge on any atom is 0.252 e. The second-order valence-electron chi connectivity index (χ2n) is 9.16. The van der Waals surface area contributed by atoms with Crippen LogP contribution in [-0.2, 0) is 0 Å². The molecule has 2 heterocycles. The van der Waals surface area contributed by atoms with E-state index in [2.05, 4.69) is 20.2 Å². The third-order valence-electron chi connectivity index (χ3n) is 6.70. The maximum absolute atomic E-state index is 12.6. The molecule has 0 spiro atoms. The molecule has 2 aliphatic rings. The van der Waals surface area contributed by atoms with Crippen molar-refractivity contribution in [3.05, 3.63) is 46.2 Å². The second-order valence-corrected chi connectivity index (χ2v) is 9.59. The number of hydrogen-bond acceptors (Lipinski definition) is 5. The number of aryl methyl sites for hydroxylation is 2. The number of carbonyl (C=O) groups excluding carboxylic acids is 1. The van der Waals surface area contributed by atoms with Gasteiger partial charge in [0.05, 0.1) is 24.0 Å². The van der Waals surface area contributed by atoms with E-state index in [0.717, 1.165) is 80.0 Å². The van der Waals surface area contributed by atoms with Gasteiger partial charge in [0, 0.05) is 24.7 Å². The Hall–Kier alpha value is -2.34. The Balaban J connectivity index is 1.19. The lowest BCUT2D eigenvalue weighted by atomic mass is 9.92. The monoisotopic (exact) mass is 456 g/mol. The molecule has 1 N–H and O–H groups in total. The first-order valence-corrected chi connectivity index (χ1v) is 12.1. The van der Waals surface area contributed by atoms with Crippen molar-refractivity contribution in [2.24, 2.45) is 5.92 Å². The number of benzene rings is 1. The predicted octanol–water partition coefficient (Wildman–Crippen LogP) is 5.10. The van der Waals surface area contributed by atoms with Crippen LogP contribution in [0.4, 0.5) is 5.95 Å². The number of carbonyl (C=O) groups is 1. The normalized spacial score (nSPS) is 17.2. The summed E-state index contributed by atoms with van der Waals surface area (Å²) in [5, 5.41) is 3.71. The molecule has 0 bridgehead atoms. The van der Waals surface area contributed by atoms with Crippen molar-refractivity contribution < 1.29 is 9.53 Å². The first-order valence-electron chi connectivity index (χ1n) is 11.8. The van der Waals surface area contributed by atoms with Crippen LogP contribution in [-0.4, -0.2) is 41.6 Å². The van der Waals surface area contributed by atoms with Crippen LogP contribution >= 0.6 is 11.6 Å². The molecule has 7 heteroatoms. The number of rotatable bonds is 8. The number of amides is 1. The zero-order valence-corrected chi connectivity index (χ0v) is 19.8. The second kappa shape index (κ2) is 10.5. The zero-order chi connectivity index (χ0) is 22.5. The van der Waals surface area contributed by atoms with Crippen LogP contribution in [0.1, 0.15) is 66.4 Å². The minimum atomic E-state index is 0.0478. The van der Waals surface area contributed by atoms with Gasteiger partial charge in [-0.05, 0) is 88.0 Å². The van der Waals surface area contributed by atoms with E-state index >= 15 is 0 Å². The van der Waals surface area contributed by atoms with Gasteiger partial charge in [-0.1, -0.05) is 11.6 Å². The predicted molar refractivity (Wildman–Crippen MR) is 128 cm³/mol. The van der Waals surface area contributed by atoms with Gasteiger partial charge in [0.15, 0.2) is 0 Å². The molecule has 1 saturated heterocycles. The first kappa shape index (κ1) is 22.8. The molecule has 2 fully saturated rings. The highest BCUT2D eigenvalue weighted by Crippen LogP contribution is 2.26. The molecule has 0 unspecified atom stereocenters. The molecule has 1 amide bonds. The van der Waals surface area contributed by atoms with Gasteiger partial charge in [-0.15, -0.1) is 0 Å². The SMILES string of the molecule is Cc1cc(OCCCC2CCN(c3ncc(Cl)cn3)CC2)cc(C)c1C(=O)NC1CCC1. The molecule has 1 aliphatic heterocycles. The number of anilines is 1. The maximum atomic E-state index is 12.6. The fraction of sp³-hybridized carbons (Fsp3) is 0.560. The van der Waals surface area contributed by atoms with E-state index in [1.807, 2.05) is 26.0 Å². The Morgan fingerprint density at radius 2 is 1.78 bits per heavy atom. The van der Waals surface area contributed by atoms with Crippen molar-refractivity contribution in [2.75, 3.05) is 24.6 Å². The molecule has 32 heavy (non-hydrogen) atoms. The van der Waals surface area contributed by atoms with Gasteiger partial charge < -0.3 is 15.0 Å². The van der Waals surface area contributed by atoms with Crippen LogP contribution in [0.3, 0.4) is 0 Å². The number of nitrogens with one attached hydrogen (secondary N) is 1. The van der Waals surface area contributed by atoms with Gasteiger partial charge in [-0.25, -0.2) is 9.97 Å². The minimum absolute atomic E-state index is 0.0478. The van der Waals surface area contributed by atoms with Crippen LogP contribution in [0.15, 0.2) is 24.5 Å². The fourth-order valence-corrected chi connectivity index (χ4v) is 4.73. The van der Waals surface area contributed by atoms with E-state index in [1.165, 1.54) is 6.42 Å². The van der Waals surface area contributed by atoms with Crippen LogP contribution in [0.25, 0.3) is 0 Å². The van der Waals surface area contributed by atoms with Crippen LogP contribution < -0.4 is 15.0 Å². The lowest BCUT2D eigenvalue weighted by Gasteiger charge is -2.32. The summed E-state index contributed by atoms with van der Waals surface area (Å²) in [6, 6.07) is 4.34. The molecule has 1 saturated carbocycles. The topological polar surface area (TPSA) is 67.3 Å². The van der Waals surface area contributed by atoms with Crippen molar-refractivity contribution >= 4 is 23.5 Å². The number of ether oxygens (including phenoxy) is 1. The molecule has 1 aliphatic carbocycles. The Bertz CT molecular complexity index is 899. The molecule has 1 aromatic heterocycles. The molecular weight excluding hydrogens is 424 g/mol. The number of halogens is 1. The highest BCUT2D eigenvalue weighted by molar-refractivity contribution is 6.30. The Morgan fingerprint density at radius 1 is 1.12 bits per heavy atom. The Morgan fingerprint density at radius 3 is 2.38 bits per heavy atom. The summed E-state index contributed by atoms with van der Waals surface area (Å²) in [5.41, 5.74) is 2.75. The van der Waals surface area contributed by atoms with Crippen LogP contribution in [0, 0.1) is 19.8 Å². The quantitative estimate of drug-likeness (QED) is 0.559. The van der Waals surface area contributed by atoms with Crippen molar-refractivity contribution in [3.8, 4) is 5.75 Å². The molecule has 0 atom stereocenters. The third kappa shape index (κ3) is 5.71. The van der Waals surface area contributed by atoms with Gasteiger partial charge in [-0.3, -0.25) is 4.79 Å². The third-order valence-corrected chi connectivity index (χ3v) is 6.90. The summed E-state index contributed by atoms with van der Waals surface area (Å²) in [5.74, 6) is 2.39. The zero-order valence-electron chi connectivity index (χ0n) is 19.1. The van der Waals surface area contributed by atoms with Crippen molar-refractivity contribution in [3.63, 3.8) is 0 Å². The van der Waals surface area contributed by atoms with Crippen LogP contribution in [0.5, 0.6) is 5.75 Å². The average molecular weight is 457 g/mol. The molecule has 6 nitrogen and oxygen atoms in total. The largest absolute Gasteiger partial charge is 0.494 e. The van der Waals surface area contributed by atoms with Crippen LogP contribution in [0.2, 0.25) is 5.02 Å². The summed E-state index contributed by atoms with van der Waals surface area (Å²) in [4.78, 5) is 23.5. The number of hydrogen-bond donors (Lipinski definition) is 1. The van der Waals surface area contributed by atoms with E-state index in [4.69, 9.17) is 16.3 Å². The van der Waals surface area contributed by atoms with Gasteiger partial charge in [0.2, 0.25) is 5.95 Å². The number of piperidine rings is 1. The van der Waals surface area contributed by atoms with Crippen molar-refractivity contribution in [1.82, 2.24) is 15.3 Å². The molecule has 1 aromatic carbocycles. The Kier molecular flexibility index (Phi) is 7.51. The molecular formula is C25H33ClN4O2. The molecule has 2 aromatic rings. The van der Waals surface area contributed by atoms with E-state index in [-0.39, 0.29) is 5.91 Å². The minimum Gasteiger partial charge on any atom is -0.494 e. The fourth-order valence-electron chi connectivity index (χ4n) is 4.63. The Labute approximate surface area is 195 Å². The number of aromatic nitrogens is 2. The van der Waals surface area contributed by atoms with E-state index < -0.39 is 0 Å². The van der Waals surface area contributed by atoms with E-state index in [0.29, 0.717) is 23.6 Å².